The van der Waals surface area contributed by atoms with Crippen LogP contribution in [0, 0.1) is 6.92 Å². The van der Waals surface area contributed by atoms with Gasteiger partial charge in [-0.05, 0) is 25.5 Å². The summed E-state index contributed by atoms with van der Waals surface area (Å²) in [4.78, 5) is 22.1. The number of nitrogens with zero attached hydrogens (tertiary/aromatic N) is 5. The van der Waals surface area contributed by atoms with Crippen molar-refractivity contribution in [1.82, 2.24) is 24.8 Å². The van der Waals surface area contributed by atoms with Gasteiger partial charge in [0.05, 0.1) is 17.6 Å². The molecule has 2 aromatic heterocycles. The van der Waals surface area contributed by atoms with Crippen LogP contribution in [0.25, 0.3) is 11.0 Å². The fraction of sp³-hybridized carbons (Fsp3) is 0.450. The van der Waals surface area contributed by atoms with Crippen LogP contribution in [0.15, 0.2) is 30.5 Å². The van der Waals surface area contributed by atoms with Crippen molar-refractivity contribution in [2.75, 3.05) is 31.1 Å². The Labute approximate surface area is 154 Å². The van der Waals surface area contributed by atoms with Crippen LogP contribution >= 0.6 is 0 Å². The van der Waals surface area contributed by atoms with Crippen molar-refractivity contribution in [3.05, 3.63) is 47.7 Å². The number of hydrogen-bond acceptors (Lipinski definition) is 5. The lowest BCUT2D eigenvalue weighted by atomic mass is 10.1. The molecule has 3 heterocycles. The molecule has 1 aliphatic rings. The number of fused-ring (bicyclic) bond motifs is 1. The SMILES string of the molecule is CCCc1cnc(C)nc1N1CCN(Cc2nc3ccccc3[nH]2)CC1. The first-order valence-electron chi connectivity index (χ1n) is 9.46. The number of H-pyrrole nitrogens is 1. The summed E-state index contributed by atoms with van der Waals surface area (Å²) >= 11 is 0. The Bertz CT molecular complexity index is 846. The largest absolute Gasteiger partial charge is 0.354 e. The van der Waals surface area contributed by atoms with Crippen molar-refractivity contribution in [2.45, 2.75) is 33.2 Å². The molecular weight excluding hydrogens is 324 g/mol. The monoisotopic (exact) mass is 350 g/mol. The Hall–Kier alpha value is -2.47. The molecule has 26 heavy (non-hydrogen) atoms. The summed E-state index contributed by atoms with van der Waals surface area (Å²) in [5, 5.41) is 0. The number of benzene rings is 1. The highest BCUT2D eigenvalue weighted by molar-refractivity contribution is 5.74. The maximum absolute atomic E-state index is 4.73. The third-order valence-electron chi connectivity index (χ3n) is 4.97. The Kier molecular flexibility index (Phi) is 4.84. The standard InChI is InChI=1S/C20H26N6/c1-3-6-16-13-21-15(2)22-20(16)26-11-9-25(10-12-26)14-19-23-17-7-4-5-8-18(17)24-19/h4-5,7-8,13H,3,6,9-12,14H2,1-2H3,(H,23,24). The van der Waals surface area contributed by atoms with Crippen molar-refractivity contribution < 1.29 is 0 Å². The van der Waals surface area contributed by atoms with Gasteiger partial charge in [-0.15, -0.1) is 0 Å². The number of hydrogen-bond donors (Lipinski definition) is 1. The number of rotatable bonds is 5. The van der Waals surface area contributed by atoms with Crippen LogP contribution in [0.4, 0.5) is 5.82 Å². The van der Waals surface area contributed by atoms with E-state index in [1.807, 2.05) is 25.3 Å². The molecule has 0 radical (unpaired) electrons. The van der Waals surface area contributed by atoms with E-state index in [4.69, 9.17) is 9.97 Å². The molecule has 4 rings (SSSR count). The number of aromatic nitrogens is 4. The second-order valence-corrected chi connectivity index (χ2v) is 6.98. The van der Waals surface area contributed by atoms with Crippen LogP contribution in [-0.2, 0) is 13.0 Å². The van der Waals surface area contributed by atoms with E-state index in [1.54, 1.807) is 0 Å². The van der Waals surface area contributed by atoms with Crippen LogP contribution in [0.2, 0.25) is 0 Å². The number of anilines is 1. The maximum Gasteiger partial charge on any atom is 0.135 e. The molecule has 0 saturated carbocycles. The van der Waals surface area contributed by atoms with Gasteiger partial charge in [0.2, 0.25) is 0 Å². The average Bonchev–Trinajstić information content (AvgIpc) is 3.06. The van der Waals surface area contributed by atoms with Crippen LogP contribution in [0.3, 0.4) is 0 Å². The van der Waals surface area contributed by atoms with Gasteiger partial charge in [-0.2, -0.15) is 0 Å². The minimum absolute atomic E-state index is 0.851. The van der Waals surface area contributed by atoms with Crippen molar-refractivity contribution in [3.8, 4) is 0 Å². The van der Waals surface area contributed by atoms with Gasteiger partial charge >= 0.3 is 0 Å². The van der Waals surface area contributed by atoms with Gasteiger partial charge in [0.1, 0.15) is 17.5 Å². The molecule has 1 fully saturated rings. The number of piperazine rings is 1. The molecule has 3 aromatic rings. The highest BCUT2D eigenvalue weighted by Crippen LogP contribution is 2.21. The van der Waals surface area contributed by atoms with E-state index >= 15 is 0 Å². The molecule has 0 bridgehead atoms. The molecule has 0 amide bonds. The normalized spacial score (nSPS) is 15.7. The zero-order valence-electron chi connectivity index (χ0n) is 15.6. The lowest BCUT2D eigenvalue weighted by molar-refractivity contribution is 0.244. The van der Waals surface area contributed by atoms with Crippen molar-refractivity contribution in [1.29, 1.82) is 0 Å². The third-order valence-corrected chi connectivity index (χ3v) is 4.97. The predicted octanol–water partition coefficient (Wildman–Crippen LogP) is 2.94. The van der Waals surface area contributed by atoms with E-state index in [-0.39, 0.29) is 0 Å². The average molecular weight is 350 g/mol. The van der Waals surface area contributed by atoms with Crippen molar-refractivity contribution in [3.63, 3.8) is 0 Å². The third kappa shape index (κ3) is 3.55. The first kappa shape index (κ1) is 17.0. The summed E-state index contributed by atoms with van der Waals surface area (Å²) in [6, 6.07) is 8.21. The quantitative estimate of drug-likeness (QED) is 0.767. The molecule has 6 nitrogen and oxygen atoms in total. The Balaban J connectivity index is 1.42. The summed E-state index contributed by atoms with van der Waals surface area (Å²) in [5.41, 5.74) is 3.42. The first-order valence-corrected chi connectivity index (χ1v) is 9.46. The maximum atomic E-state index is 4.73. The molecular formula is C20H26N6. The number of aromatic amines is 1. The molecule has 0 unspecified atom stereocenters. The summed E-state index contributed by atoms with van der Waals surface area (Å²) in [7, 11) is 0. The molecule has 136 valence electrons. The van der Waals surface area contributed by atoms with Gasteiger partial charge in [-0.25, -0.2) is 15.0 Å². The first-order chi connectivity index (χ1) is 12.7. The van der Waals surface area contributed by atoms with Gasteiger partial charge < -0.3 is 9.88 Å². The minimum Gasteiger partial charge on any atom is -0.354 e. The highest BCUT2D eigenvalue weighted by Gasteiger charge is 2.21. The van der Waals surface area contributed by atoms with Crippen molar-refractivity contribution in [2.24, 2.45) is 0 Å². The summed E-state index contributed by atoms with van der Waals surface area (Å²) in [6.07, 6.45) is 4.15. The van der Waals surface area contributed by atoms with E-state index in [1.165, 1.54) is 5.56 Å². The van der Waals surface area contributed by atoms with Gasteiger partial charge in [0.15, 0.2) is 0 Å². The number of aryl methyl sites for hydroxylation is 2. The van der Waals surface area contributed by atoms with E-state index in [0.29, 0.717) is 0 Å². The summed E-state index contributed by atoms with van der Waals surface area (Å²) < 4.78 is 0. The molecule has 0 spiro atoms. The summed E-state index contributed by atoms with van der Waals surface area (Å²) in [6.45, 7) is 9.07. The topological polar surface area (TPSA) is 60.9 Å². The fourth-order valence-corrected chi connectivity index (χ4v) is 3.61. The molecule has 0 atom stereocenters. The van der Waals surface area contributed by atoms with Gasteiger partial charge in [-0.1, -0.05) is 25.5 Å². The zero-order chi connectivity index (χ0) is 17.9. The van der Waals surface area contributed by atoms with E-state index in [0.717, 1.165) is 74.1 Å². The zero-order valence-corrected chi connectivity index (χ0v) is 15.6. The molecule has 6 heteroatoms. The van der Waals surface area contributed by atoms with E-state index in [2.05, 4.69) is 38.8 Å². The number of nitrogens with one attached hydrogen (secondary N) is 1. The molecule has 1 aliphatic heterocycles. The molecule has 1 N–H and O–H groups in total. The van der Waals surface area contributed by atoms with E-state index in [9.17, 15) is 0 Å². The number of imidazole rings is 1. The molecule has 1 aromatic carbocycles. The lowest BCUT2D eigenvalue weighted by Crippen LogP contribution is -2.46. The lowest BCUT2D eigenvalue weighted by Gasteiger charge is -2.35. The predicted molar refractivity (Wildman–Crippen MR) is 104 cm³/mol. The van der Waals surface area contributed by atoms with Crippen LogP contribution in [0.1, 0.15) is 30.6 Å². The minimum atomic E-state index is 0.851. The smallest absolute Gasteiger partial charge is 0.135 e. The van der Waals surface area contributed by atoms with Gasteiger partial charge in [0.25, 0.3) is 0 Å². The second kappa shape index (κ2) is 7.41. The molecule has 0 aliphatic carbocycles. The van der Waals surface area contributed by atoms with Crippen LogP contribution in [0.5, 0.6) is 0 Å². The van der Waals surface area contributed by atoms with Crippen LogP contribution in [-0.4, -0.2) is 51.0 Å². The van der Waals surface area contributed by atoms with Gasteiger partial charge in [-0.3, -0.25) is 4.90 Å². The van der Waals surface area contributed by atoms with Crippen LogP contribution < -0.4 is 4.90 Å². The Morgan fingerprint density at radius 1 is 1.08 bits per heavy atom. The summed E-state index contributed by atoms with van der Waals surface area (Å²) in [5.74, 6) is 3.02. The van der Waals surface area contributed by atoms with E-state index < -0.39 is 0 Å². The second-order valence-electron chi connectivity index (χ2n) is 6.98. The molecule has 1 saturated heterocycles. The van der Waals surface area contributed by atoms with Gasteiger partial charge in [0, 0.05) is 37.9 Å². The Morgan fingerprint density at radius 2 is 1.88 bits per heavy atom. The van der Waals surface area contributed by atoms with Crippen molar-refractivity contribution >= 4 is 16.9 Å². The highest BCUT2D eigenvalue weighted by atomic mass is 15.3. The fourth-order valence-electron chi connectivity index (χ4n) is 3.61. The Morgan fingerprint density at radius 3 is 2.65 bits per heavy atom. The number of para-hydroxylation sites is 2.